The Bertz CT molecular complexity index is 312. The molecule has 0 radical (unpaired) electrons. The first-order chi connectivity index (χ1) is 7.63. The van der Waals surface area contributed by atoms with E-state index in [2.05, 4.69) is 10.3 Å². The maximum atomic E-state index is 11.8. The van der Waals surface area contributed by atoms with E-state index < -0.39 is 5.92 Å². The van der Waals surface area contributed by atoms with Crippen molar-refractivity contribution in [3.05, 3.63) is 0 Å². The Morgan fingerprint density at radius 1 is 1.44 bits per heavy atom. The van der Waals surface area contributed by atoms with Crippen molar-refractivity contribution in [2.75, 3.05) is 6.61 Å². The molecule has 0 saturated heterocycles. The fourth-order valence-electron chi connectivity index (χ4n) is 1.88. The van der Waals surface area contributed by atoms with Gasteiger partial charge in [-0.05, 0) is 19.8 Å². The van der Waals surface area contributed by atoms with Crippen molar-refractivity contribution in [1.82, 2.24) is 5.32 Å². The van der Waals surface area contributed by atoms with Gasteiger partial charge in [0.2, 0.25) is 0 Å². The van der Waals surface area contributed by atoms with Crippen LogP contribution in [-0.4, -0.2) is 30.4 Å². The van der Waals surface area contributed by atoms with Crippen LogP contribution in [0.15, 0.2) is 4.99 Å². The van der Waals surface area contributed by atoms with E-state index in [0.717, 1.165) is 0 Å². The normalized spacial score (nSPS) is 24.7. The Labute approximate surface area is 95.3 Å². The van der Waals surface area contributed by atoms with Gasteiger partial charge < -0.3 is 10.1 Å². The number of esters is 1. The smallest absolute Gasteiger partial charge is 0.341 e. The predicted molar refractivity (Wildman–Crippen MR) is 60.5 cm³/mol. The summed E-state index contributed by atoms with van der Waals surface area (Å²) in [5, 5.41) is 2.69. The Morgan fingerprint density at radius 3 is 2.62 bits per heavy atom. The van der Waals surface area contributed by atoms with Crippen molar-refractivity contribution in [1.29, 1.82) is 0 Å². The van der Waals surface area contributed by atoms with E-state index in [1.807, 2.05) is 13.8 Å². The van der Waals surface area contributed by atoms with E-state index in [-0.39, 0.29) is 18.0 Å². The SMILES string of the molecule is CCOC(=O)C1C(CC)=NC(=O)NC1CC. The van der Waals surface area contributed by atoms with Crippen LogP contribution in [0.3, 0.4) is 0 Å². The Hall–Kier alpha value is -1.39. The molecule has 0 spiro atoms. The molecule has 5 nitrogen and oxygen atoms in total. The lowest BCUT2D eigenvalue weighted by molar-refractivity contribution is -0.146. The molecule has 1 aliphatic rings. The van der Waals surface area contributed by atoms with E-state index >= 15 is 0 Å². The second-order valence-electron chi connectivity index (χ2n) is 3.65. The Kier molecular flexibility index (Phi) is 4.46. The lowest BCUT2D eigenvalue weighted by atomic mass is 9.89. The van der Waals surface area contributed by atoms with Gasteiger partial charge in [-0.15, -0.1) is 0 Å². The standard InChI is InChI=1S/C11H18N2O3/c1-4-7-9(10(14)16-6-3)8(5-2)13-11(15)12-7/h7,9H,4-6H2,1-3H3,(H,12,15). The van der Waals surface area contributed by atoms with Crippen molar-refractivity contribution in [2.45, 2.75) is 39.7 Å². The molecule has 1 rings (SSSR count). The molecule has 2 atom stereocenters. The minimum absolute atomic E-state index is 0.195. The highest BCUT2D eigenvalue weighted by atomic mass is 16.5. The number of carbonyl (C=O) groups is 2. The van der Waals surface area contributed by atoms with Crippen LogP contribution < -0.4 is 5.32 Å². The van der Waals surface area contributed by atoms with Crippen molar-refractivity contribution in [3.8, 4) is 0 Å². The van der Waals surface area contributed by atoms with Crippen molar-refractivity contribution >= 4 is 17.7 Å². The molecule has 0 aliphatic carbocycles. The molecule has 1 aliphatic heterocycles. The number of rotatable bonds is 4. The molecular formula is C11H18N2O3. The van der Waals surface area contributed by atoms with E-state index in [1.165, 1.54) is 0 Å². The lowest BCUT2D eigenvalue weighted by Gasteiger charge is -2.29. The van der Waals surface area contributed by atoms with Crippen LogP contribution in [0.4, 0.5) is 4.79 Å². The van der Waals surface area contributed by atoms with Gasteiger partial charge in [-0.1, -0.05) is 13.8 Å². The summed E-state index contributed by atoms with van der Waals surface area (Å²) in [5.74, 6) is -0.720. The molecule has 0 fully saturated rings. The van der Waals surface area contributed by atoms with Crippen LogP contribution in [0.1, 0.15) is 33.6 Å². The van der Waals surface area contributed by atoms with Gasteiger partial charge in [0.05, 0.1) is 6.61 Å². The summed E-state index contributed by atoms with van der Waals surface area (Å²) in [6.45, 7) is 5.92. The van der Waals surface area contributed by atoms with Crippen molar-refractivity contribution in [2.24, 2.45) is 10.9 Å². The van der Waals surface area contributed by atoms with Crippen LogP contribution in [0.5, 0.6) is 0 Å². The second kappa shape index (κ2) is 5.63. The molecule has 1 heterocycles. The van der Waals surface area contributed by atoms with Crippen LogP contribution >= 0.6 is 0 Å². The average Bonchev–Trinajstić information content (AvgIpc) is 2.27. The average molecular weight is 226 g/mol. The van der Waals surface area contributed by atoms with Gasteiger partial charge in [-0.2, -0.15) is 0 Å². The summed E-state index contributed by atoms with van der Waals surface area (Å²) >= 11 is 0. The Morgan fingerprint density at radius 2 is 2.12 bits per heavy atom. The molecule has 0 aromatic heterocycles. The Balaban J connectivity index is 2.94. The third-order valence-corrected chi connectivity index (χ3v) is 2.66. The zero-order valence-corrected chi connectivity index (χ0v) is 9.95. The number of hydrogen-bond donors (Lipinski definition) is 1. The third-order valence-electron chi connectivity index (χ3n) is 2.66. The number of nitrogens with zero attached hydrogens (tertiary/aromatic N) is 1. The van der Waals surface area contributed by atoms with Gasteiger partial charge in [-0.3, -0.25) is 4.79 Å². The summed E-state index contributed by atoms with van der Waals surface area (Å²) < 4.78 is 5.01. The van der Waals surface area contributed by atoms with Crippen LogP contribution in [0, 0.1) is 5.92 Å². The lowest BCUT2D eigenvalue weighted by Crippen LogP contribution is -2.50. The maximum Gasteiger partial charge on any atom is 0.341 e. The number of amides is 2. The summed E-state index contributed by atoms with van der Waals surface area (Å²) in [6, 6.07) is -0.553. The van der Waals surface area contributed by atoms with Gasteiger partial charge in [0.1, 0.15) is 5.92 Å². The maximum absolute atomic E-state index is 11.8. The third kappa shape index (κ3) is 2.59. The minimum Gasteiger partial charge on any atom is -0.465 e. The van der Waals surface area contributed by atoms with Crippen molar-refractivity contribution < 1.29 is 14.3 Å². The molecule has 16 heavy (non-hydrogen) atoms. The number of ether oxygens (including phenoxy) is 1. The molecule has 0 bridgehead atoms. The second-order valence-corrected chi connectivity index (χ2v) is 3.65. The quantitative estimate of drug-likeness (QED) is 0.739. The molecule has 1 N–H and O–H groups in total. The number of nitrogens with one attached hydrogen (secondary N) is 1. The molecule has 0 saturated carbocycles. The number of aliphatic imine (C=N–C) groups is 1. The molecular weight excluding hydrogens is 208 g/mol. The fourth-order valence-corrected chi connectivity index (χ4v) is 1.88. The van der Waals surface area contributed by atoms with Crippen LogP contribution in [0.2, 0.25) is 0 Å². The van der Waals surface area contributed by atoms with Crippen LogP contribution in [0.25, 0.3) is 0 Å². The predicted octanol–water partition coefficient (Wildman–Crippen LogP) is 1.52. The van der Waals surface area contributed by atoms with Crippen LogP contribution in [-0.2, 0) is 9.53 Å². The largest absolute Gasteiger partial charge is 0.465 e. The highest BCUT2D eigenvalue weighted by Gasteiger charge is 2.36. The van der Waals surface area contributed by atoms with Gasteiger partial charge in [-0.25, -0.2) is 9.79 Å². The molecule has 2 unspecified atom stereocenters. The summed E-state index contributed by atoms with van der Waals surface area (Å²) in [7, 11) is 0. The highest BCUT2D eigenvalue weighted by molar-refractivity contribution is 6.09. The molecule has 5 heteroatoms. The zero-order chi connectivity index (χ0) is 12.1. The van der Waals surface area contributed by atoms with E-state index in [4.69, 9.17) is 4.74 Å². The summed E-state index contributed by atoms with van der Waals surface area (Å²) in [4.78, 5) is 26.9. The molecule has 0 aromatic rings. The van der Waals surface area contributed by atoms with Gasteiger partial charge in [0.25, 0.3) is 0 Å². The monoisotopic (exact) mass is 226 g/mol. The number of urea groups is 1. The fraction of sp³-hybridized carbons (Fsp3) is 0.727. The van der Waals surface area contributed by atoms with Crippen molar-refractivity contribution in [3.63, 3.8) is 0 Å². The van der Waals surface area contributed by atoms with Gasteiger partial charge >= 0.3 is 12.0 Å². The number of hydrogen-bond acceptors (Lipinski definition) is 3. The zero-order valence-electron chi connectivity index (χ0n) is 9.95. The van der Waals surface area contributed by atoms with E-state index in [9.17, 15) is 9.59 Å². The molecule has 2 amide bonds. The summed E-state index contributed by atoms with van der Waals surface area (Å²) in [6.07, 6.45) is 1.28. The first-order valence-corrected chi connectivity index (χ1v) is 5.68. The van der Waals surface area contributed by atoms with E-state index in [1.54, 1.807) is 6.92 Å². The summed E-state index contributed by atoms with van der Waals surface area (Å²) in [5.41, 5.74) is 0.619. The van der Waals surface area contributed by atoms with E-state index in [0.29, 0.717) is 25.2 Å². The highest BCUT2D eigenvalue weighted by Crippen LogP contribution is 2.18. The molecule has 0 aromatic carbocycles. The first-order valence-electron chi connectivity index (χ1n) is 5.68. The topological polar surface area (TPSA) is 67.8 Å². The van der Waals surface area contributed by atoms with Gasteiger partial charge in [0, 0.05) is 11.8 Å². The first kappa shape index (κ1) is 12.7. The minimum atomic E-state index is -0.423. The van der Waals surface area contributed by atoms with Gasteiger partial charge in [0.15, 0.2) is 0 Å². The number of carbonyl (C=O) groups excluding carboxylic acids is 2. The molecule has 90 valence electrons.